The number of imide groups is 1. The number of fused-ring (bicyclic) bond motifs is 1. The summed E-state index contributed by atoms with van der Waals surface area (Å²) in [6, 6.07) is 5.45. The van der Waals surface area contributed by atoms with Gasteiger partial charge in [-0.3, -0.25) is 14.4 Å². The molecular weight excluding hydrogens is 260 g/mol. The third kappa shape index (κ3) is 2.55. The quantitative estimate of drug-likeness (QED) is 0.791. The fourth-order valence-corrected chi connectivity index (χ4v) is 2.14. The number of aliphatic carboxylic acids is 1. The van der Waals surface area contributed by atoms with Crippen molar-refractivity contribution in [3.8, 4) is 0 Å². The summed E-state index contributed by atoms with van der Waals surface area (Å²) in [6.07, 6.45) is 0.322. The lowest BCUT2D eigenvalue weighted by Gasteiger charge is -2.22. The number of carbonyl (C=O) groups is 3. The van der Waals surface area contributed by atoms with Gasteiger partial charge in [0.2, 0.25) is 0 Å². The molecule has 1 aromatic carbocycles. The summed E-state index contributed by atoms with van der Waals surface area (Å²) in [7, 11) is 0. The summed E-state index contributed by atoms with van der Waals surface area (Å²) in [5.41, 5.74) is 3.11. The second-order valence-electron chi connectivity index (χ2n) is 5.14. The number of amides is 2. The molecule has 0 bridgehead atoms. The number of carboxylic acid groups (broad SMARTS) is 1. The van der Waals surface area contributed by atoms with Gasteiger partial charge in [0, 0.05) is 0 Å². The summed E-state index contributed by atoms with van der Waals surface area (Å²) in [5, 5.41) is 9.96. The molecule has 2 amide bonds. The van der Waals surface area contributed by atoms with E-state index in [1.807, 2.05) is 13.8 Å². The van der Waals surface area contributed by atoms with E-state index in [0.717, 1.165) is 5.01 Å². The molecule has 0 radical (unpaired) electrons. The molecule has 6 heteroatoms. The van der Waals surface area contributed by atoms with Crippen molar-refractivity contribution in [3.05, 3.63) is 35.4 Å². The molecule has 1 aliphatic heterocycles. The Morgan fingerprint density at radius 1 is 1.20 bits per heavy atom. The Labute approximate surface area is 116 Å². The third-order valence-corrected chi connectivity index (χ3v) is 3.08. The van der Waals surface area contributed by atoms with Crippen LogP contribution in [0.2, 0.25) is 0 Å². The SMILES string of the molecule is CC(C)CC(NN1C(=O)c2ccccc2C1=O)C(=O)O. The van der Waals surface area contributed by atoms with Crippen LogP contribution < -0.4 is 5.43 Å². The summed E-state index contributed by atoms with van der Waals surface area (Å²) in [5.74, 6) is -1.99. The fraction of sp³-hybridized carbons (Fsp3) is 0.357. The smallest absolute Gasteiger partial charge is 0.322 e. The number of benzene rings is 1. The van der Waals surface area contributed by atoms with Gasteiger partial charge in [-0.15, -0.1) is 0 Å². The first-order valence-corrected chi connectivity index (χ1v) is 6.38. The maximum absolute atomic E-state index is 12.1. The largest absolute Gasteiger partial charge is 0.480 e. The molecule has 0 aliphatic carbocycles. The normalized spacial score (nSPS) is 15.7. The van der Waals surface area contributed by atoms with Gasteiger partial charge in [0.15, 0.2) is 0 Å². The van der Waals surface area contributed by atoms with Crippen LogP contribution in [0.1, 0.15) is 41.0 Å². The van der Waals surface area contributed by atoms with Gasteiger partial charge in [0.25, 0.3) is 11.8 Å². The highest BCUT2D eigenvalue weighted by atomic mass is 16.4. The van der Waals surface area contributed by atoms with Crippen molar-refractivity contribution in [2.75, 3.05) is 0 Å². The van der Waals surface area contributed by atoms with E-state index in [9.17, 15) is 14.4 Å². The highest BCUT2D eigenvalue weighted by Gasteiger charge is 2.37. The van der Waals surface area contributed by atoms with Crippen LogP contribution in [0.4, 0.5) is 0 Å². The standard InChI is InChI=1S/C14H16N2O4/c1-8(2)7-11(14(19)20)15-16-12(17)9-5-3-4-6-10(9)13(16)18/h3-6,8,11,15H,7H2,1-2H3,(H,19,20). The molecule has 1 aliphatic rings. The van der Waals surface area contributed by atoms with Crippen molar-refractivity contribution in [2.45, 2.75) is 26.3 Å². The van der Waals surface area contributed by atoms with E-state index < -0.39 is 23.8 Å². The van der Waals surface area contributed by atoms with Gasteiger partial charge in [-0.25, -0.2) is 10.4 Å². The summed E-state index contributed by atoms with van der Waals surface area (Å²) >= 11 is 0. The molecule has 2 N–H and O–H groups in total. The minimum Gasteiger partial charge on any atom is -0.480 e. The zero-order valence-electron chi connectivity index (χ0n) is 11.3. The van der Waals surface area contributed by atoms with Gasteiger partial charge in [0.1, 0.15) is 6.04 Å². The molecule has 1 unspecified atom stereocenters. The average Bonchev–Trinajstić information content (AvgIpc) is 2.63. The minimum absolute atomic E-state index is 0.124. The van der Waals surface area contributed by atoms with Crippen LogP contribution in [0.25, 0.3) is 0 Å². The molecule has 1 heterocycles. The van der Waals surface area contributed by atoms with Crippen molar-refractivity contribution in [3.63, 3.8) is 0 Å². The topological polar surface area (TPSA) is 86.7 Å². The van der Waals surface area contributed by atoms with Crippen LogP contribution >= 0.6 is 0 Å². The van der Waals surface area contributed by atoms with Crippen molar-refractivity contribution < 1.29 is 19.5 Å². The van der Waals surface area contributed by atoms with Gasteiger partial charge < -0.3 is 5.11 Å². The number of nitrogens with one attached hydrogen (secondary N) is 1. The van der Waals surface area contributed by atoms with Crippen LogP contribution in [0, 0.1) is 5.92 Å². The Morgan fingerprint density at radius 3 is 2.10 bits per heavy atom. The number of hydrazine groups is 1. The predicted molar refractivity (Wildman–Crippen MR) is 71.0 cm³/mol. The first kappa shape index (κ1) is 14.2. The van der Waals surface area contributed by atoms with E-state index in [0.29, 0.717) is 17.5 Å². The zero-order valence-corrected chi connectivity index (χ0v) is 11.3. The molecule has 106 valence electrons. The highest BCUT2D eigenvalue weighted by molar-refractivity contribution is 6.21. The first-order valence-electron chi connectivity index (χ1n) is 6.38. The number of carbonyl (C=O) groups excluding carboxylic acids is 2. The fourth-order valence-electron chi connectivity index (χ4n) is 2.14. The molecular formula is C14H16N2O4. The van der Waals surface area contributed by atoms with E-state index >= 15 is 0 Å². The van der Waals surface area contributed by atoms with E-state index in [2.05, 4.69) is 5.43 Å². The van der Waals surface area contributed by atoms with Crippen molar-refractivity contribution in [1.82, 2.24) is 10.4 Å². The van der Waals surface area contributed by atoms with Gasteiger partial charge >= 0.3 is 5.97 Å². The lowest BCUT2D eigenvalue weighted by Crippen LogP contribution is -2.51. The number of carboxylic acids is 1. The maximum atomic E-state index is 12.1. The number of nitrogens with zero attached hydrogens (tertiary/aromatic N) is 1. The third-order valence-electron chi connectivity index (χ3n) is 3.08. The lowest BCUT2D eigenvalue weighted by atomic mass is 10.0. The zero-order chi connectivity index (χ0) is 14.9. The number of hydrogen-bond acceptors (Lipinski definition) is 4. The Hall–Kier alpha value is -2.21. The van der Waals surface area contributed by atoms with Crippen LogP contribution in [0.15, 0.2) is 24.3 Å². The summed E-state index contributed by atoms with van der Waals surface area (Å²) in [4.78, 5) is 35.4. The van der Waals surface area contributed by atoms with E-state index in [4.69, 9.17) is 5.11 Å². The summed E-state index contributed by atoms with van der Waals surface area (Å²) in [6.45, 7) is 3.75. The van der Waals surface area contributed by atoms with Gasteiger partial charge in [0.05, 0.1) is 11.1 Å². The van der Waals surface area contributed by atoms with Gasteiger partial charge in [-0.1, -0.05) is 26.0 Å². The predicted octanol–water partition coefficient (Wildman–Crippen LogP) is 1.29. The van der Waals surface area contributed by atoms with Crippen molar-refractivity contribution in [1.29, 1.82) is 0 Å². The van der Waals surface area contributed by atoms with E-state index in [-0.39, 0.29) is 5.92 Å². The van der Waals surface area contributed by atoms with Crippen LogP contribution in [0.3, 0.4) is 0 Å². The molecule has 2 rings (SSSR count). The Kier molecular flexibility index (Phi) is 3.85. The Morgan fingerprint density at radius 2 is 1.70 bits per heavy atom. The first-order chi connectivity index (χ1) is 9.41. The van der Waals surface area contributed by atoms with Crippen molar-refractivity contribution >= 4 is 17.8 Å². The van der Waals surface area contributed by atoms with E-state index in [1.54, 1.807) is 24.3 Å². The number of rotatable bonds is 5. The molecule has 0 spiro atoms. The molecule has 0 aromatic heterocycles. The monoisotopic (exact) mass is 276 g/mol. The molecule has 0 fully saturated rings. The molecule has 20 heavy (non-hydrogen) atoms. The molecule has 0 saturated heterocycles. The van der Waals surface area contributed by atoms with Crippen LogP contribution in [-0.2, 0) is 4.79 Å². The Balaban J connectivity index is 2.21. The Bertz CT molecular complexity index is 533. The van der Waals surface area contributed by atoms with E-state index in [1.165, 1.54) is 0 Å². The van der Waals surface area contributed by atoms with Crippen molar-refractivity contribution in [2.24, 2.45) is 5.92 Å². The number of hydrogen-bond donors (Lipinski definition) is 2. The second kappa shape index (κ2) is 5.42. The van der Waals surface area contributed by atoms with Gasteiger partial charge in [-0.05, 0) is 24.5 Å². The highest BCUT2D eigenvalue weighted by Crippen LogP contribution is 2.21. The van der Waals surface area contributed by atoms with Crippen LogP contribution in [0.5, 0.6) is 0 Å². The second-order valence-corrected chi connectivity index (χ2v) is 5.14. The molecule has 1 atom stereocenters. The van der Waals surface area contributed by atoms with Gasteiger partial charge in [-0.2, -0.15) is 0 Å². The average molecular weight is 276 g/mol. The molecule has 6 nitrogen and oxygen atoms in total. The lowest BCUT2D eigenvalue weighted by molar-refractivity contribution is -0.140. The minimum atomic E-state index is -1.09. The maximum Gasteiger partial charge on any atom is 0.322 e. The molecule has 0 saturated carbocycles. The molecule has 1 aromatic rings. The summed E-state index contributed by atoms with van der Waals surface area (Å²) < 4.78 is 0. The van der Waals surface area contributed by atoms with Crippen LogP contribution in [-0.4, -0.2) is 33.9 Å².